The van der Waals surface area contributed by atoms with Crippen LogP contribution in [0.25, 0.3) is 0 Å². The van der Waals surface area contributed by atoms with Crippen LogP contribution in [0.5, 0.6) is 0 Å². The molecule has 0 unspecified atom stereocenters. The van der Waals surface area contributed by atoms with Gasteiger partial charge < -0.3 is 20.7 Å². The number of rotatable bonds is 9. The quantitative estimate of drug-likeness (QED) is 0.457. The molecule has 0 aliphatic rings. The van der Waals surface area contributed by atoms with E-state index >= 15 is 0 Å². The first-order valence-electron chi connectivity index (χ1n) is 9.14. The van der Waals surface area contributed by atoms with E-state index in [1.807, 2.05) is 0 Å². The van der Waals surface area contributed by atoms with Crippen molar-refractivity contribution in [2.75, 3.05) is 30.8 Å². The molecule has 2 aromatic carbocycles. The van der Waals surface area contributed by atoms with Crippen molar-refractivity contribution >= 4 is 29.2 Å². The Hall–Kier alpha value is -3.35. The van der Waals surface area contributed by atoms with Gasteiger partial charge in [-0.25, -0.2) is 4.79 Å². The molecule has 28 heavy (non-hydrogen) atoms. The highest BCUT2D eigenvalue weighted by molar-refractivity contribution is 5.96. The van der Waals surface area contributed by atoms with E-state index in [1.54, 1.807) is 48.5 Å². The molecule has 0 fully saturated rings. The van der Waals surface area contributed by atoms with Gasteiger partial charge in [-0.05, 0) is 55.0 Å². The molecule has 0 spiro atoms. The molecule has 3 N–H and O–H groups in total. The Morgan fingerprint density at radius 3 is 2.11 bits per heavy atom. The molecule has 0 atom stereocenters. The lowest BCUT2D eigenvalue weighted by Gasteiger charge is -2.09. The van der Waals surface area contributed by atoms with Crippen molar-refractivity contribution in [2.45, 2.75) is 19.8 Å². The van der Waals surface area contributed by atoms with Crippen LogP contribution in [0.4, 0.5) is 11.4 Å². The van der Waals surface area contributed by atoms with E-state index < -0.39 is 5.97 Å². The normalized spacial score (nSPS) is 10.1. The van der Waals surface area contributed by atoms with Gasteiger partial charge in [0.05, 0.1) is 19.2 Å². The van der Waals surface area contributed by atoms with Crippen molar-refractivity contribution in [2.24, 2.45) is 0 Å². The highest BCUT2D eigenvalue weighted by Gasteiger charge is 2.07. The summed E-state index contributed by atoms with van der Waals surface area (Å²) >= 11 is 0. The molecular formula is C21H25N3O4. The molecule has 0 bridgehead atoms. The lowest BCUT2D eigenvalue weighted by molar-refractivity contribution is -0.114. The summed E-state index contributed by atoms with van der Waals surface area (Å²) in [6.07, 6.45) is 1.98. The Bertz CT molecular complexity index is 801. The van der Waals surface area contributed by atoms with Crippen molar-refractivity contribution in [3.8, 4) is 0 Å². The summed E-state index contributed by atoms with van der Waals surface area (Å²) in [6, 6.07) is 13.4. The van der Waals surface area contributed by atoms with Crippen LogP contribution in [-0.4, -0.2) is 38.0 Å². The SMILES string of the molecule is CCCCNC(=O)c1ccc(NCC(=O)Nc2ccc(C(=O)OC)cc2)cc1. The standard InChI is InChI=1S/C21H25N3O4/c1-3-4-13-22-20(26)15-5-9-17(10-6-15)23-14-19(25)24-18-11-7-16(8-12-18)21(27)28-2/h5-12,23H,3-4,13-14H2,1-2H3,(H,22,26)(H,24,25). The third kappa shape index (κ3) is 6.42. The van der Waals surface area contributed by atoms with Crippen molar-refractivity contribution in [1.82, 2.24) is 5.32 Å². The topological polar surface area (TPSA) is 96.5 Å². The summed E-state index contributed by atoms with van der Waals surface area (Å²) < 4.78 is 4.63. The first kappa shape index (κ1) is 21.0. The predicted octanol–water partition coefficient (Wildman–Crippen LogP) is 3.05. The Kier molecular flexibility index (Phi) is 8.02. The molecule has 0 saturated heterocycles. The van der Waals surface area contributed by atoms with Crippen molar-refractivity contribution in [3.63, 3.8) is 0 Å². The molecule has 0 aromatic heterocycles. The first-order chi connectivity index (χ1) is 13.5. The van der Waals surface area contributed by atoms with E-state index in [0.29, 0.717) is 23.4 Å². The molecule has 7 nitrogen and oxygen atoms in total. The summed E-state index contributed by atoms with van der Waals surface area (Å²) in [5.74, 6) is -0.762. The maximum absolute atomic E-state index is 12.1. The average molecular weight is 383 g/mol. The Balaban J connectivity index is 1.80. The van der Waals surface area contributed by atoms with E-state index in [0.717, 1.165) is 18.5 Å². The molecular weight excluding hydrogens is 358 g/mol. The largest absolute Gasteiger partial charge is 0.465 e. The molecule has 0 radical (unpaired) electrons. The molecule has 0 saturated carbocycles. The minimum absolute atomic E-state index is 0.0702. The smallest absolute Gasteiger partial charge is 0.337 e. The maximum Gasteiger partial charge on any atom is 0.337 e. The summed E-state index contributed by atoms with van der Waals surface area (Å²) in [5.41, 5.74) is 2.31. The number of esters is 1. The number of carbonyl (C=O) groups excluding carboxylic acids is 3. The van der Waals surface area contributed by atoms with E-state index in [2.05, 4.69) is 27.6 Å². The minimum Gasteiger partial charge on any atom is -0.465 e. The van der Waals surface area contributed by atoms with Crippen LogP contribution >= 0.6 is 0 Å². The van der Waals surface area contributed by atoms with Gasteiger partial charge in [0.2, 0.25) is 5.91 Å². The maximum atomic E-state index is 12.1. The number of hydrogen-bond donors (Lipinski definition) is 3. The fraction of sp³-hybridized carbons (Fsp3) is 0.286. The third-order valence-corrected chi connectivity index (χ3v) is 4.01. The van der Waals surface area contributed by atoms with Crippen LogP contribution in [0, 0.1) is 0 Å². The Morgan fingerprint density at radius 2 is 1.50 bits per heavy atom. The molecule has 0 heterocycles. The van der Waals surface area contributed by atoms with E-state index in [9.17, 15) is 14.4 Å². The second-order valence-corrected chi connectivity index (χ2v) is 6.16. The van der Waals surface area contributed by atoms with Crippen LogP contribution in [0.15, 0.2) is 48.5 Å². The number of benzene rings is 2. The fourth-order valence-electron chi connectivity index (χ4n) is 2.42. The van der Waals surface area contributed by atoms with Crippen molar-refractivity contribution in [1.29, 1.82) is 0 Å². The fourth-order valence-corrected chi connectivity index (χ4v) is 2.42. The molecule has 7 heteroatoms. The molecule has 0 aliphatic carbocycles. The van der Waals surface area contributed by atoms with Gasteiger partial charge in [-0.2, -0.15) is 0 Å². The highest BCUT2D eigenvalue weighted by Crippen LogP contribution is 2.12. The van der Waals surface area contributed by atoms with Crippen LogP contribution in [0.2, 0.25) is 0 Å². The lowest BCUT2D eigenvalue weighted by Crippen LogP contribution is -2.24. The third-order valence-electron chi connectivity index (χ3n) is 4.01. The molecule has 2 amide bonds. The number of hydrogen-bond acceptors (Lipinski definition) is 5. The van der Waals surface area contributed by atoms with Gasteiger partial charge in [0, 0.05) is 23.5 Å². The van der Waals surface area contributed by atoms with Gasteiger partial charge in [0.1, 0.15) is 0 Å². The van der Waals surface area contributed by atoms with Gasteiger partial charge in [0.15, 0.2) is 0 Å². The van der Waals surface area contributed by atoms with Crippen molar-refractivity contribution < 1.29 is 19.1 Å². The number of anilines is 2. The monoisotopic (exact) mass is 383 g/mol. The molecule has 148 valence electrons. The molecule has 2 rings (SSSR count). The highest BCUT2D eigenvalue weighted by atomic mass is 16.5. The zero-order valence-corrected chi connectivity index (χ0v) is 16.1. The van der Waals surface area contributed by atoms with Crippen LogP contribution in [0.3, 0.4) is 0 Å². The summed E-state index contributed by atoms with van der Waals surface area (Å²) in [6.45, 7) is 2.80. The number of ether oxygens (including phenoxy) is 1. The number of amides is 2. The second-order valence-electron chi connectivity index (χ2n) is 6.16. The minimum atomic E-state index is -0.429. The van der Waals surface area contributed by atoms with Gasteiger partial charge >= 0.3 is 5.97 Å². The summed E-state index contributed by atoms with van der Waals surface area (Å²) in [5, 5.41) is 8.60. The lowest BCUT2D eigenvalue weighted by atomic mass is 10.2. The molecule has 0 aliphatic heterocycles. The van der Waals surface area contributed by atoms with Crippen LogP contribution in [0.1, 0.15) is 40.5 Å². The Labute approximate surface area is 164 Å². The van der Waals surface area contributed by atoms with E-state index in [4.69, 9.17) is 0 Å². The zero-order chi connectivity index (χ0) is 20.4. The number of nitrogens with one attached hydrogen (secondary N) is 3. The second kappa shape index (κ2) is 10.7. The zero-order valence-electron chi connectivity index (χ0n) is 16.1. The summed E-state index contributed by atoms with van der Waals surface area (Å²) in [7, 11) is 1.31. The Morgan fingerprint density at radius 1 is 0.893 bits per heavy atom. The van der Waals surface area contributed by atoms with E-state index in [1.165, 1.54) is 7.11 Å². The summed E-state index contributed by atoms with van der Waals surface area (Å²) in [4.78, 5) is 35.4. The predicted molar refractivity (Wildman–Crippen MR) is 109 cm³/mol. The van der Waals surface area contributed by atoms with Gasteiger partial charge in [-0.15, -0.1) is 0 Å². The molecule has 2 aromatic rings. The van der Waals surface area contributed by atoms with Gasteiger partial charge in [0.25, 0.3) is 5.91 Å². The van der Waals surface area contributed by atoms with E-state index in [-0.39, 0.29) is 18.4 Å². The number of methoxy groups -OCH3 is 1. The number of unbranched alkanes of at least 4 members (excludes halogenated alkanes) is 1. The first-order valence-corrected chi connectivity index (χ1v) is 9.14. The average Bonchev–Trinajstić information content (AvgIpc) is 2.72. The number of carbonyl (C=O) groups is 3. The van der Waals surface area contributed by atoms with Crippen molar-refractivity contribution in [3.05, 3.63) is 59.7 Å². The van der Waals surface area contributed by atoms with Gasteiger partial charge in [-0.1, -0.05) is 13.3 Å². The van der Waals surface area contributed by atoms with Gasteiger partial charge in [-0.3, -0.25) is 9.59 Å². The van der Waals surface area contributed by atoms with Crippen LogP contribution in [-0.2, 0) is 9.53 Å². The van der Waals surface area contributed by atoms with Crippen LogP contribution < -0.4 is 16.0 Å².